The van der Waals surface area contributed by atoms with Gasteiger partial charge in [-0.3, -0.25) is 9.58 Å². The van der Waals surface area contributed by atoms with E-state index >= 15 is 0 Å². The zero-order chi connectivity index (χ0) is 13.1. The highest BCUT2D eigenvalue weighted by atomic mass is 15.2. The van der Waals surface area contributed by atoms with Crippen molar-refractivity contribution in [2.24, 2.45) is 7.05 Å². The normalized spacial score (nSPS) is 20.6. The first kappa shape index (κ1) is 12.3. The van der Waals surface area contributed by atoms with E-state index in [4.69, 9.17) is 0 Å². The van der Waals surface area contributed by atoms with Crippen molar-refractivity contribution in [2.75, 3.05) is 6.54 Å². The van der Waals surface area contributed by atoms with Gasteiger partial charge < -0.3 is 0 Å². The molecule has 19 heavy (non-hydrogen) atoms. The van der Waals surface area contributed by atoms with Gasteiger partial charge in [-0.05, 0) is 25.5 Å². The van der Waals surface area contributed by atoms with Gasteiger partial charge in [-0.2, -0.15) is 5.10 Å². The number of likely N-dealkylation sites (tertiary alicyclic amines) is 1. The van der Waals surface area contributed by atoms with Crippen molar-refractivity contribution in [3.05, 3.63) is 42.2 Å². The third kappa shape index (κ3) is 2.81. The van der Waals surface area contributed by atoms with Crippen LogP contribution in [0.15, 0.2) is 31.0 Å². The lowest BCUT2D eigenvalue weighted by molar-refractivity contribution is 0.137. The third-order valence-corrected chi connectivity index (χ3v) is 3.70. The van der Waals surface area contributed by atoms with Crippen molar-refractivity contribution in [1.29, 1.82) is 0 Å². The summed E-state index contributed by atoms with van der Waals surface area (Å²) in [5.74, 6) is 0. The number of aryl methyl sites for hydroxylation is 1. The van der Waals surface area contributed by atoms with Gasteiger partial charge in [0, 0.05) is 31.5 Å². The number of aromatic nitrogens is 4. The Morgan fingerprint density at radius 2 is 2.32 bits per heavy atom. The van der Waals surface area contributed by atoms with E-state index in [2.05, 4.69) is 26.2 Å². The van der Waals surface area contributed by atoms with Crippen LogP contribution in [0.3, 0.4) is 0 Å². The molecule has 0 radical (unpaired) electrons. The van der Waals surface area contributed by atoms with Crippen LogP contribution in [0.5, 0.6) is 0 Å². The molecular formula is C14H19N5. The van der Waals surface area contributed by atoms with E-state index in [9.17, 15) is 0 Å². The Hall–Kier alpha value is -1.75. The number of rotatable bonds is 3. The Labute approximate surface area is 113 Å². The van der Waals surface area contributed by atoms with E-state index in [-0.39, 0.29) is 0 Å². The Morgan fingerprint density at radius 3 is 3.05 bits per heavy atom. The zero-order valence-corrected chi connectivity index (χ0v) is 11.2. The van der Waals surface area contributed by atoms with Crippen molar-refractivity contribution in [3.63, 3.8) is 0 Å². The molecule has 1 unspecified atom stereocenters. The maximum Gasteiger partial charge on any atom is 0.115 e. The van der Waals surface area contributed by atoms with Crippen LogP contribution in [0.25, 0.3) is 0 Å². The number of nitrogens with zero attached hydrogens (tertiary/aromatic N) is 5. The van der Waals surface area contributed by atoms with Crippen molar-refractivity contribution in [2.45, 2.75) is 31.8 Å². The van der Waals surface area contributed by atoms with Crippen molar-refractivity contribution >= 4 is 0 Å². The first-order valence-electron chi connectivity index (χ1n) is 6.80. The van der Waals surface area contributed by atoms with Gasteiger partial charge in [0.05, 0.1) is 17.9 Å². The highest BCUT2D eigenvalue weighted by Gasteiger charge is 2.25. The van der Waals surface area contributed by atoms with Crippen LogP contribution >= 0.6 is 0 Å². The standard InChI is InChI=1S/C14H19N5/c1-18-9-12(8-17-18)10-19-7-3-2-4-14(19)13-5-6-15-11-16-13/h5-6,8-9,11,14H,2-4,7,10H2,1H3. The zero-order valence-electron chi connectivity index (χ0n) is 11.2. The van der Waals surface area contributed by atoms with Gasteiger partial charge in [0.1, 0.15) is 6.33 Å². The van der Waals surface area contributed by atoms with Crippen LogP contribution in [0.2, 0.25) is 0 Å². The summed E-state index contributed by atoms with van der Waals surface area (Å²) in [4.78, 5) is 10.9. The fourth-order valence-electron chi connectivity index (χ4n) is 2.80. The van der Waals surface area contributed by atoms with Crippen LogP contribution in [-0.2, 0) is 13.6 Å². The molecule has 2 aromatic rings. The molecule has 100 valence electrons. The average molecular weight is 257 g/mol. The average Bonchev–Trinajstić information content (AvgIpc) is 2.86. The number of hydrogen-bond acceptors (Lipinski definition) is 4. The maximum atomic E-state index is 4.43. The molecule has 1 fully saturated rings. The molecule has 1 atom stereocenters. The third-order valence-electron chi connectivity index (χ3n) is 3.70. The van der Waals surface area contributed by atoms with Crippen LogP contribution < -0.4 is 0 Å². The topological polar surface area (TPSA) is 46.8 Å². The smallest absolute Gasteiger partial charge is 0.115 e. The molecule has 1 aliphatic rings. The summed E-state index contributed by atoms with van der Waals surface area (Å²) in [6, 6.07) is 2.45. The molecule has 5 heteroatoms. The minimum Gasteiger partial charge on any atom is -0.290 e. The second-order valence-electron chi connectivity index (χ2n) is 5.14. The molecular weight excluding hydrogens is 238 g/mol. The first-order valence-corrected chi connectivity index (χ1v) is 6.80. The minimum atomic E-state index is 0.414. The molecule has 1 saturated heterocycles. The highest BCUT2D eigenvalue weighted by Crippen LogP contribution is 2.30. The summed E-state index contributed by atoms with van der Waals surface area (Å²) in [7, 11) is 1.96. The van der Waals surface area contributed by atoms with Crippen LogP contribution in [0.1, 0.15) is 36.6 Å². The molecule has 2 aromatic heterocycles. The van der Waals surface area contributed by atoms with Crippen molar-refractivity contribution in [3.8, 4) is 0 Å². The second-order valence-corrected chi connectivity index (χ2v) is 5.14. The van der Waals surface area contributed by atoms with E-state index in [0.717, 1.165) is 18.8 Å². The minimum absolute atomic E-state index is 0.414. The van der Waals surface area contributed by atoms with Crippen LogP contribution in [0.4, 0.5) is 0 Å². The Kier molecular flexibility index (Phi) is 3.55. The van der Waals surface area contributed by atoms with Crippen LogP contribution in [0, 0.1) is 0 Å². The van der Waals surface area contributed by atoms with Gasteiger partial charge in [0.25, 0.3) is 0 Å². The molecule has 0 saturated carbocycles. The first-order chi connectivity index (χ1) is 9.33. The Bertz CT molecular complexity index is 522. The lowest BCUT2D eigenvalue weighted by Gasteiger charge is -2.34. The van der Waals surface area contributed by atoms with E-state index in [0.29, 0.717) is 6.04 Å². The van der Waals surface area contributed by atoms with E-state index < -0.39 is 0 Å². The monoisotopic (exact) mass is 257 g/mol. The Balaban J connectivity index is 1.77. The predicted octanol–water partition coefficient (Wildman–Crippen LogP) is 1.94. The van der Waals surface area contributed by atoms with E-state index in [1.54, 1.807) is 6.33 Å². The molecule has 0 aliphatic carbocycles. The predicted molar refractivity (Wildman–Crippen MR) is 72.2 cm³/mol. The molecule has 5 nitrogen and oxygen atoms in total. The quantitative estimate of drug-likeness (QED) is 0.843. The highest BCUT2D eigenvalue weighted by molar-refractivity contribution is 5.09. The molecule has 3 heterocycles. The maximum absolute atomic E-state index is 4.43. The van der Waals surface area contributed by atoms with Gasteiger partial charge in [0.2, 0.25) is 0 Å². The molecule has 1 aliphatic heterocycles. The summed E-state index contributed by atoms with van der Waals surface area (Å²) in [6.07, 6.45) is 11.2. The summed E-state index contributed by atoms with van der Waals surface area (Å²) >= 11 is 0. The fourth-order valence-corrected chi connectivity index (χ4v) is 2.80. The molecule has 3 rings (SSSR count). The van der Waals surface area contributed by atoms with E-state index in [1.165, 1.54) is 24.8 Å². The van der Waals surface area contributed by atoms with Crippen LogP contribution in [-0.4, -0.2) is 31.2 Å². The van der Waals surface area contributed by atoms with Gasteiger partial charge in [-0.15, -0.1) is 0 Å². The van der Waals surface area contributed by atoms with Gasteiger partial charge in [-0.1, -0.05) is 6.42 Å². The summed E-state index contributed by atoms with van der Waals surface area (Å²) < 4.78 is 1.86. The fraction of sp³-hybridized carbons (Fsp3) is 0.500. The number of piperidine rings is 1. The summed E-state index contributed by atoms with van der Waals surface area (Å²) in [5, 5.41) is 4.24. The molecule has 0 N–H and O–H groups in total. The largest absolute Gasteiger partial charge is 0.290 e. The molecule has 0 spiro atoms. The Morgan fingerprint density at radius 1 is 1.37 bits per heavy atom. The van der Waals surface area contributed by atoms with Crippen molar-refractivity contribution in [1.82, 2.24) is 24.6 Å². The van der Waals surface area contributed by atoms with Crippen molar-refractivity contribution < 1.29 is 0 Å². The van der Waals surface area contributed by atoms with Gasteiger partial charge in [0.15, 0.2) is 0 Å². The lowest BCUT2D eigenvalue weighted by Crippen LogP contribution is -2.33. The SMILES string of the molecule is Cn1cc(CN2CCCCC2c2ccncn2)cn1. The molecule has 0 aromatic carbocycles. The second kappa shape index (κ2) is 5.48. The summed E-state index contributed by atoms with van der Waals surface area (Å²) in [6.45, 7) is 2.08. The van der Waals surface area contributed by atoms with Gasteiger partial charge in [-0.25, -0.2) is 9.97 Å². The summed E-state index contributed by atoms with van der Waals surface area (Å²) in [5.41, 5.74) is 2.40. The van der Waals surface area contributed by atoms with Gasteiger partial charge >= 0.3 is 0 Å². The molecule has 0 bridgehead atoms. The molecule has 0 amide bonds. The number of hydrogen-bond donors (Lipinski definition) is 0. The van der Waals surface area contributed by atoms with E-state index in [1.807, 2.05) is 30.2 Å². The lowest BCUT2D eigenvalue weighted by atomic mass is 9.98.